The number of hydrogen-bond acceptors (Lipinski definition) is 2. The molecule has 1 N–H and O–H groups in total. The first-order valence-electron chi connectivity index (χ1n) is 7.17. The molecule has 0 aromatic heterocycles. The van der Waals surface area contributed by atoms with Crippen molar-refractivity contribution in [1.29, 1.82) is 0 Å². The van der Waals surface area contributed by atoms with Gasteiger partial charge in [-0.25, -0.2) is 4.79 Å². The SMILES string of the molecule is O=C(O)COC(c1ccccc1)c1ccc(C(F)(F)F)cc1C(F)(F)F. The zero-order valence-electron chi connectivity index (χ0n) is 12.9. The van der Waals surface area contributed by atoms with Gasteiger partial charge in [0.25, 0.3) is 0 Å². The second kappa shape index (κ2) is 7.36. The molecular weight excluding hydrogens is 366 g/mol. The molecule has 26 heavy (non-hydrogen) atoms. The Kier molecular flexibility index (Phi) is 5.60. The number of carboxylic acid groups (broad SMARTS) is 1. The quantitative estimate of drug-likeness (QED) is 0.752. The monoisotopic (exact) mass is 378 g/mol. The predicted molar refractivity (Wildman–Crippen MR) is 78.3 cm³/mol. The number of hydrogen-bond donors (Lipinski definition) is 1. The van der Waals surface area contributed by atoms with Gasteiger partial charge in [-0.3, -0.25) is 0 Å². The standard InChI is InChI=1S/C17H12F6O3/c18-16(19,20)11-6-7-12(13(8-11)17(21,22)23)15(26-9-14(24)25)10-4-2-1-3-5-10/h1-8,15H,9H2,(H,24,25). The minimum atomic E-state index is -5.09. The molecular formula is C17H12F6O3. The van der Waals surface area contributed by atoms with Gasteiger partial charge >= 0.3 is 18.3 Å². The van der Waals surface area contributed by atoms with Gasteiger partial charge in [0.15, 0.2) is 0 Å². The number of carbonyl (C=O) groups is 1. The fourth-order valence-corrected chi connectivity index (χ4v) is 2.35. The molecule has 0 saturated carbocycles. The van der Waals surface area contributed by atoms with Gasteiger partial charge in [-0.1, -0.05) is 36.4 Å². The van der Waals surface area contributed by atoms with Crippen LogP contribution in [0.4, 0.5) is 26.3 Å². The number of alkyl halides is 6. The molecule has 3 nitrogen and oxygen atoms in total. The molecule has 0 aliphatic heterocycles. The van der Waals surface area contributed by atoms with Gasteiger partial charge in [0.1, 0.15) is 12.7 Å². The number of aliphatic carboxylic acids is 1. The van der Waals surface area contributed by atoms with E-state index in [0.29, 0.717) is 12.1 Å². The van der Waals surface area contributed by atoms with E-state index in [9.17, 15) is 31.1 Å². The molecule has 2 aromatic carbocycles. The second-order valence-electron chi connectivity index (χ2n) is 5.29. The van der Waals surface area contributed by atoms with Crippen LogP contribution in [0.5, 0.6) is 0 Å². The van der Waals surface area contributed by atoms with Crippen molar-refractivity contribution in [3.8, 4) is 0 Å². The van der Waals surface area contributed by atoms with Gasteiger partial charge in [-0.15, -0.1) is 0 Å². The minimum Gasteiger partial charge on any atom is -0.480 e. The Bertz CT molecular complexity index is 768. The lowest BCUT2D eigenvalue weighted by molar-refractivity contribution is -0.145. The summed E-state index contributed by atoms with van der Waals surface area (Å²) in [7, 11) is 0. The first-order valence-corrected chi connectivity index (χ1v) is 7.17. The Labute approximate surface area is 143 Å². The molecule has 1 atom stereocenters. The van der Waals surface area contributed by atoms with Crippen LogP contribution in [0.3, 0.4) is 0 Å². The zero-order chi connectivity index (χ0) is 19.5. The zero-order valence-corrected chi connectivity index (χ0v) is 12.9. The van der Waals surface area contributed by atoms with Crippen molar-refractivity contribution in [2.45, 2.75) is 18.5 Å². The largest absolute Gasteiger partial charge is 0.480 e. The molecule has 2 rings (SSSR count). The highest BCUT2D eigenvalue weighted by atomic mass is 19.4. The molecule has 0 saturated heterocycles. The number of ether oxygens (including phenoxy) is 1. The maximum atomic E-state index is 13.4. The average molecular weight is 378 g/mol. The Balaban J connectivity index is 2.61. The summed E-state index contributed by atoms with van der Waals surface area (Å²) >= 11 is 0. The van der Waals surface area contributed by atoms with Crippen LogP contribution >= 0.6 is 0 Å². The van der Waals surface area contributed by atoms with Crippen LogP contribution in [-0.2, 0) is 21.9 Å². The molecule has 2 aromatic rings. The molecule has 0 aliphatic carbocycles. The molecule has 0 radical (unpaired) electrons. The molecule has 0 fully saturated rings. The van der Waals surface area contributed by atoms with Gasteiger partial charge in [-0.2, -0.15) is 26.3 Å². The van der Waals surface area contributed by atoms with Crippen LogP contribution in [0.15, 0.2) is 48.5 Å². The topological polar surface area (TPSA) is 46.5 Å². The Morgan fingerprint density at radius 1 is 0.962 bits per heavy atom. The van der Waals surface area contributed by atoms with Crippen molar-refractivity contribution in [2.24, 2.45) is 0 Å². The first kappa shape index (κ1) is 19.8. The fourth-order valence-electron chi connectivity index (χ4n) is 2.35. The predicted octanol–water partition coefficient (Wildman–Crippen LogP) is 4.91. The normalized spacial score (nSPS) is 13.5. The maximum Gasteiger partial charge on any atom is 0.416 e. The first-order chi connectivity index (χ1) is 12.0. The summed E-state index contributed by atoms with van der Waals surface area (Å²) in [6.07, 6.45) is -11.5. The third-order valence-corrected chi connectivity index (χ3v) is 3.44. The van der Waals surface area contributed by atoms with Gasteiger partial charge < -0.3 is 9.84 Å². The van der Waals surface area contributed by atoms with Crippen LogP contribution in [0.1, 0.15) is 28.4 Å². The lowest BCUT2D eigenvalue weighted by Gasteiger charge is -2.23. The third-order valence-electron chi connectivity index (χ3n) is 3.44. The summed E-state index contributed by atoms with van der Waals surface area (Å²) in [5.41, 5.74) is -3.41. The van der Waals surface area contributed by atoms with Crippen molar-refractivity contribution in [3.05, 3.63) is 70.8 Å². The van der Waals surface area contributed by atoms with Crippen molar-refractivity contribution in [2.75, 3.05) is 6.61 Å². The van der Waals surface area contributed by atoms with Crippen LogP contribution in [0.2, 0.25) is 0 Å². The molecule has 0 spiro atoms. The maximum absolute atomic E-state index is 13.4. The van der Waals surface area contributed by atoms with Crippen LogP contribution in [-0.4, -0.2) is 17.7 Å². The summed E-state index contributed by atoms with van der Waals surface area (Å²) in [6.45, 7) is -0.919. The summed E-state index contributed by atoms with van der Waals surface area (Å²) in [6, 6.07) is 8.50. The van der Waals surface area contributed by atoms with Gasteiger partial charge in [0, 0.05) is 0 Å². The van der Waals surface area contributed by atoms with E-state index in [1.165, 1.54) is 24.3 Å². The van der Waals surface area contributed by atoms with Crippen molar-refractivity contribution in [1.82, 2.24) is 0 Å². The van der Waals surface area contributed by atoms with E-state index in [1.54, 1.807) is 6.07 Å². The summed E-state index contributed by atoms with van der Waals surface area (Å²) in [5, 5.41) is 8.74. The van der Waals surface area contributed by atoms with Crippen LogP contribution < -0.4 is 0 Å². The number of halogens is 6. The summed E-state index contributed by atoms with van der Waals surface area (Å²) in [4.78, 5) is 10.7. The molecule has 0 amide bonds. The number of carboxylic acids is 1. The van der Waals surface area contributed by atoms with Gasteiger partial charge in [0.2, 0.25) is 0 Å². The smallest absolute Gasteiger partial charge is 0.416 e. The fraction of sp³-hybridized carbons (Fsp3) is 0.235. The number of rotatable bonds is 5. The Morgan fingerprint density at radius 3 is 2.08 bits per heavy atom. The van der Waals surface area contributed by atoms with Gasteiger partial charge in [-0.05, 0) is 23.3 Å². The molecule has 0 heterocycles. The summed E-state index contributed by atoms with van der Waals surface area (Å²) < 4.78 is 83.5. The van der Waals surface area contributed by atoms with E-state index in [-0.39, 0.29) is 11.6 Å². The average Bonchev–Trinajstić information content (AvgIpc) is 2.54. The van der Waals surface area contributed by atoms with Gasteiger partial charge in [0.05, 0.1) is 11.1 Å². The van der Waals surface area contributed by atoms with E-state index in [0.717, 1.165) is 0 Å². The molecule has 0 bridgehead atoms. The molecule has 1 unspecified atom stereocenters. The lowest BCUT2D eigenvalue weighted by atomic mass is 9.94. The molecule has 0 aliphatic rings. The highest BCUT2D eigenvalue weighted by Crippen LogP contribution is 2.41. The minimum absolute atomic E-state index is 0.00456. The highest BCUT2D eigenvalue weighted by Gasteiger charge is 2.40. The van der Waals surface area contributed by atoms with E-state index >= 15 is 0 Å². The van der Waals surface area contributed by atoms with Crippen LogP contribution in [0, 0.1) is 0 Å². The Morgan fingerprint density at radius 2 is 1.58 bits per heavy atom. The second-order valence-corrected chi connectivity index (χ2v) is 5.29. The number of benzene rings is 2. The van der Waals surface area contributed by atoms with E-state index in [4.69, 9.17) is 9.84 Å². The van der Waals surface area contributed by atoms with E-state index in [2.05, 4.69) is 0 Å². The third kappa shape index (κ3) is 4.75. The van der Waals surface area contributed by atoms with Crippen molar-refractivity contribution >= 4 is 5.97 Å². The van der Waals surface area contributed by atoms with Crippen molar-refractivity contribution < 1.29 is 41.0 Å². The molecule has 140 valence electrons. The Hall–Kier alpha value is -2.55. The highest BCUT2D eigenvalue weighted by molar-refractivity contribution is 5.68. The molecule has 9 heteroatoms. The lowest BCUT2D eigenvalue weighted by Crippen LogP contribution is -2.19. The van der Waals surface area contributed by atoms with E-state index < -0.39 is 47.7 Å². The van der Waals surface area contributed by atoms with E-state index in [1.807, 2.05) is 0 Å². The van der Waals surface area contributed by atoms with Crippen molar-refractivity contribution in [3.63, 3.8) is 0 Å². The van der Waals surface area contributed by atoms with Crippen LogP contribution in [0.25, 0.3) is 0 Å². The summed E-state index contributed by atoms with van der Waals surface area (Å²) in [5.74, 6) is -1.42.